The number of nitrogens with zero attached hydrogens (tertiary/aromatic N) is 1. The number of rotatable bonds is 7. The van der Waals surface area contributed by atoms with Gasteiger partial charge < -0.3 is 20.6 Å². The largest absolute Gasteiger partial charge is 0.486 e. The number of amides is 1. The Bertz CT molecular complexity index is 506. The molecule has 0 saturated heterocycles. The summed E-state index contributed by atoms with van der Waals surface area (Å²) < 4.78 is 41.1. The van der Waals surface area contributed by atoms with E-state index in [0.717, 1.165) is 0 Å². The lowest BCUT2D eigenvalue weighted by Gasteiger charge is -2.12. The quantitative estimate of drug-likeness (QED) is 0.452. The first-order valence-corrected chi connectivity index (χ1v) is 6.28. The highest BCUT2D eigenvalue weighted by Gasteiger charge is 2.29. The first kappa shape index (κ1) is 17.6. The number of carbonyl (C=O) groups excluding carboxylic acids is 1. The van der Waals surface area contributed by atoms with E-state index in [0.29, 0.717) is 5.75 Å². The fourth-order valence-corrected chi connectivity index (χ4v) is 1.23. The summed E-state index contributed by atoms with van der Waals surface area (Å²) in [5.41, 5.74) is 5.50. The van der Waals surface area contributed by atoms with Gasteiger partial charge in [-0.15, -0.1) is 0 Å². The molecule has 1 amide bonds. The molecule has 1 aromatic rings. The first-order chi connectivity index (χ1) is 10.3. The van der Waals surface area contributed by atoms with Crippen molar-refractivity contribution < 1.29 is 27.5 Å². The molecule has 0 aliphatic carbocycles. The lowest BCUT2D eigenvalue weighted by molar-refractivity contribution is -0.145. The molecular formula is C13H16F3N3O3. The number of ether oxygens (including phenoxy) is 1. The minimum absolute atomic E-state index is 0.0562. The van der Waals surface area contributed by atoms with Crippen molar-refractivity contribution in [1.82, 2.24) is 5.32 Å². The predicted octanol–water partition coefficient (Wildman–Crippen LogP) is 1.42. The summed E-state index contributed by atoms with van der Waals surface area (Å²) in [6, 6.07) is 8.77. The zero-order valence-electron chi connectivity index (χ0n) is 11.8. The highest BCUT2D eigenvalue weighted by molar-refractivity contribution is 5.82. The Morgan fingerprint density at radius 1 is 1.36 bits per heavy atom. The lowest BCUT2D eigenvalue weighted by atomic mass is 10.3. The van der Waals surface area contributed by atoms with E-state index in [1.165, 1.54) is 6.92 Å². The van der Waals surface area contributed by atoms with E-state index in [1.54, 1.807) is 29.6 Å². The fourth-order valence-electron chi connectivity index (χ4n) is 1.23. The number of halogens is 3. The van der Waals surface area contributed by atoms with Crippen LogP contribution in [0.4, 0.5) is 13.2 Å². The molecule has 0 spiro atoms. The van der Waals surface area contributed by atoms with Crippen molar-refractivity contribution in [2.75, 3.05) is 13.2 Å². The third-order valence-electron chi connectivity index (χ3n) is 2.29. The molecule has 0 saturated carbocycles. The second kappa shape index (κ2) is 8.11. The van der Waals surface area contributed by atoms with E-state index >= 15 is 0 Å². The topological polar surface area (TPSA) is 85.9 Å². The molecule has 6 nitrogen and oxygen atoms in total. The highest BCUT2D eigenvalue weighted by atomic mass is 19.4. The highest BCUT2D eigenvalue weighted by Crippen LogP contribution is 2.12. The van der Waals surface area contributed by atoms with Crippen molar-refractivity contribution in [3.05, 3.63) is 30.3 Å². The molecule has 22 heavy (non-hydrogen) atoms. The summed E-state index contributed by atoms with van der Waals surface area (Å²) in [7, 11) is 0. The Balaban J connectivity index is 2.34. The van der Waals surface area contributed by atoms with Crippen LogP contribution in [0.5, 0.6) is 5.75 Å². The average Bonchev–Trinajstić information content (AvgIpc) is 2.48. The van der Waals surface area contributed by atoms with Crippen LogP contribution < -0.4 is 15.8 Å². The summed E-state index contributed by atoms with van der Waals surface area (Å²) in [6.45, 7) is -0.267. The molecular weight excluding hydrogens is 303 g/mol. The Hall–Kier alpha value is -2.45. The molecule has 0 fully saturated rings. The van der Waals surface area contributed by atoms with Crippen LogP contribution in [0.2, 0.25) is 0 Å². The van der Waals surface area contributed by atoms with Gasteiger partial charge in [0.1, 0.15) is 18.9 Å². The van der Waals surface area contributed by atoms with Gasteiger partial charge in [0, 0.05) is 0 Å². The summed E-state index contributed by atoms with van der Waals surface area (Å²) in [5.74, 6) is -0.436. The molecule has 1 rings (SSSR count). The van der Waals surface area contributed by atoms with Crippen molar-refractivity contribution in [3.63, 3.8) is 0 Å². The van der Waals surface area contributed by atoms with Crippen molar-refractivity contribution >= 4 is 11.7 Å². The van der Waals surface area contributed by atoms with E-state index in [1.807, 2.05) is 6.07 Å². The number of benzene rings is 1. The number of para-hydroxylation sites is 1. The van der Waals surface area contributed by atoms with Crippen LogP contribution in [0, 0.1) is 0 Å². The number of nitrogens with one attached hydrogen (secondary N) is 1. The SMILES string of the molecule is CC(O/N=C(\N)COc1ccccc1)C(=O)NCC(F)(F)F. The molecule has 3 N–H and O–H groups in total. The predicted molar refractivity (Wildman–Crippen MR) is 73.2 cm³/mol. The number of oxime groups is 1. The molecule has 0 aliphatic rings. The third kappa shape index (κ3) is 7.36. The van der Waals surface area contributed by atoms with Gasteiger partial charge in [0.15, 0.2) is 5.84 Å². The molecule has 1 aromatic carbocycles. The summed E-state index contributed by atoms with van der Waals surface area (Å²) in [4.78, 5) is 16.0. The number of nitrogens with two attached hydrogens (primary N) is 1. The van der Waals surface area contributed by atoms with Gasteiger partial charge in [0.2, 0.25) is 6.10 Å². The number of carbonyl (C=O) groups is 1. The zero-order valence-corrected chi connectivity index (χ0v) is 11.8. The number of hydrogen-bond donors (Lipinski definition) is 2. The van der Waals surface area contributed by atoms with Gasteiger partial charge >= 0.3 is 6.18 Å². The summed E-state index contributed by atoms with van der Waals surface area (Å²) >= 11 is 0. The monoisotopic (exact) mass is 319 g/mol. The maximum Gasteiger partial charge on any atom is 0.405 e. The first-order valence-electron chi connectivity index (χ1n) is 6.28. The van der Waals surface area contributed by atoms with Crippen molar-refractivity contribution in [3.8, 4) is 5.75 Å². The normalized spacial score (nSPS) is 13.4. The van der Waals surface area contributed by atoms with E-state index in [-0.39, 0.29) is 12.4 Å². The lowest BCUT2D eigenvalue weighted by Crippen LogP contribution is -2.39. The number of alkyl halides is 3. The Morgan fingerprint density at radius 3 is 2.59 bits per heavy atom. The van der Waals surface area contributed by atoms with E-state index < -0.39 is 24.7 Å². The molecule has 0 bridgehead atoms. The maximum atomic E-state index is 11.9. The summed E-state index contributed by atoms with van der Waals surface area (Å²) in [6.07, 6.45) is -5.70. The maximum absolute atomic E-state index is 11.9. The van der Waals surface area contributed by atoms with Crippen LogP contribution >= 0.6 is 0 Å². The van der Waals surface area contributed by atoms with Crippen molar-refractivity contribution in [1.29, 1.82) is 0 Å². The van der Waals surface area contributed by atoms with Gasteiger partial charge in [0.05, 0.1) is 0 Å². The second-order valence-electron chi connectivity index (χ2n) is 4.26. The molecule has 0 heterocycles. The van der Waals surface area contributed by atoms with Crippen LogP contribution in [0.25, 0.3) is 0 Å². The molecule has 0 aromatic heterocycles. The molecule has 1 atom stereocenters. The van der Waals surface area contributed by atoms with Gasteiger partial charge in [0.25, 0.3) is 5.91 Å². The minimum Gasteiger partial charge on any atom is -0.486 e. The van der Waals surface area contributed by atoms with Gasteiger partial charge in [-0.25, -0.2) is 0 Å². The van der Waals surface area contributed by atoms with Gasteiger partial charge in [-0.05, 0) is 19.1 Å². The van der Waals surface area contributed by atoms with Crippen LogP contribution in [-0.4, -0.2) is 37.2 Å². The zero-order chi connectivity index (χ0) is 16.6. The van der Waals surface area contributed by atoms with Gasteiger partial charge in [-0.2, -0.15) is 13.2 Å². The Morgan fingerprint density at radius 2 is 2.00 bits per heavy atom. The van der Waals surface area contributed by atoms with Crippen molar-refractivity contribution in [2.45, 2.75) is 19.2 Å². The van der Waals surface area contributed by atoms with E-state index in [9.17, 15) is 18.0 Å². The van der Waals surface area contributed by atoms with Crippen LogP contribution in [0.1, 0.15) is 6.92 Å². The molecule has 122 valence electrons. The van der Waals surface area contributed by atoms with Gasteiger partial charge in [-0.1, -0.05) is 23.4 Å². The third-order valence-corrected chi connectivity index (χ3v) is 2.29. The number of amidine groups is 1. The van der Waals surface area contributed by atoms with Crippen molar-refractivity contribution in [2.24, 2.45) is 10.9 Å². The summed E-state index contributed by atoms with van der Waals surface area (Å²) in [5, 5.41) is 5.11. The molecule has 9 heteroatoms. The van der Waals surface area contributed by atoms with Crippen LogP contribution in [-0.2, 0) is 9.63 Å². The van der Waals surface area contributed by atoms with E-state index in [4.69, 9.17) is 15.3 Å². The Kier molecular flexibility index (Phi) is 6.48. The smallest absolute Gasteiger partial charge is 0.405 e. The Labute approximate surface area is 125 Å². The standard InChI is InChI=1S/C13H16F3N3O3/c1-9(12(20)18-8-13(14,15)16)22-19-11(17)7-21-10-5-3-2-4-6-10/h2-6,9H,7-8H2,1H3,(H2,17,19)(H,18,20). The fraction of sp³-hybridized carbons (Fsp3) is 0.385. The average molecular weight is 319 g/mol. The molecule has 1 unspecified atom stereocenters. The molecule has 0 radical (unpaired) electrons. The molecule has 0 aliphatic heterocycles. The van der Waals surface area contributed by atoms with Gasteiger partial charge in [-0.3, -0.25) is 4.79 Å². The van der Waals surface area contributed by atoms with Crippen LogP contribution in [0.3, 0.4) is 0 Å². The number of hydrogen-bond acceptors (Lipinski definition) is 4. The van der Waals surface area contributed by atoms with E-state index in [2.05, 4.69) is 5.16 Å². The second-order valence-corrected chi connectivity index (χ2v) is 4.26. The van der Waals surface area contributed by atoms with Crippen LogP contribution in [0.15, 0.2) is 35.5 Å². The minimum atomic E-state index is -4.48.